The van der Waals surface area contributed by atoms with Crippen molar-refractivity contribution in [2.75, 3.05) is 19.8 Å². The maximum Gasteiger partial charge on any atom is 0.389 e. The number of carbonyl (C=O) groups excluding carboxylic acids is 1. The Hall–Kier alpha value is -0.620. The Labute approximate surface area is 92.3 Å². The first kappa shape index (κ1) is 13.4. The van der Waals surface area contributed by atoms with Crippen molar-refractivity contribution in [1.82, 2.24) is 5.32 Å². The molecule has 1 heterocycles. The number of halogens is 3. The predicted molar refractivity (Wildman–Crippen MR) is 52.1 cm³/mol. The number of ether oxygens (including phenoxy) is 1. The van der Waals surface area contributed by atoms with Gasteiger partial charge in [-0.15, -0.1) is 0 Å². The zero-order chi connectivity index (χ0) is 12.0. The van der Waals surface area contributed by atoms with Crippen LogP contribution in [0.3, 0.4) is 0 Å². The summed E-state index contributed by atoms with van der Waals surface area (Å²) in [6, 6.07) is -0.0351. The fourth-order valence-electron chi connectivity index (χ4n) is 1.61. The molecular formula is C10H16F3NO2. The van der Waals surface area contributed by atoms with E-state index in [1.54, 1.807) is 0 Å². The maximum absolute atomic E-state index is 11.8. The Bertz CT molecular complexity index is 225. The molecule has 1 fully saturated rings. The first-order valence-electron chi connectivity index (χ1n) is 5.37. The second kappa shape index (κ2) is 6.20. The van der Waals surface area contributed by atoms with Crippen LogP contribution in [0.5, 0.6) is 0 Å². The summed E-state index contributed by atoms with van der Waals surface area (Å²) in [7, 11) is 0. The van der Waals surface area contributed by atoms with Gasteiger partial charge in [-0.2, -0.15) is 13.2 Å². The van der Waals surface area contributed by atoms with E-state index in [0.29, 0.717) is 19.8 Å². The van der Waals surface area contributed by atoms with Crippen molar-refractivity contribution in [2.24, 2.45) is 0 Å². The van der Waals surface area contributed by atoms with Crippen LogP contribution in [0.25, 0.3) is 0 Å². The minimum absolute atomic E-state index is 0.00229. The second-order valence-electron chi connectivity index (χ2n) is 3.94. The Balaban J connectivity index is 2.10. The van der Waals surface area contributed by atoms with E-state index in [-0.39, 0.29) is 31.1 Å². The molecule has 1 N–H and O–H groups in total. The lowest BCUT2D eigenvalue weighted by molar-refractivity contribution is -0.137. The van der Waals surface area contributed by atoms with Crippen LogP contribution in [0, 0.1) is 0 Å². The van der Waals surface area contributed by atoms with Crippen LogP contribution in [0.15, 0.2) is 0 Å². The van der Waals surface area contributed by atoms with Crippen LogP contribution in [0.1, 0.15) is 25.7 Å². The van der Waals surface area contributed by atoms with Gasteiger partial charge in [-0.3, -0.25) is 4.79 Å². The van der Waals surface area contributed by atoms with Gasteiger partial charge in [-0.1, -0.05) is 0 Å². The number of Topliss-reactive ketones (excluding diaryl/α,β-unsaturated/α-hetero) is 1. The number of morpholine rings is 1. The van der Waals surface area contributed by atoms with Crippen molar-refractivity contribution < 1.29 is 22.7 Å². The number of alkyl halides is 3. The summed E-state index contributed by atoms with van der Waals surface area (Å²) in [6.07, 6.45) is -4.90. The highest BCUT2D eigenvalue weighted by molar-refractivity contribution is 5.78. The van der Waals surface area contributed by atoms with Gasteiger partial charge in [0, 0.05) is 31.8 Å². The molecule has 16 heavy (non-hydrogen) atoms. The third-order valence-electron chi connectivity index (χ3n) is 2.39. The fourth-order valence-corrected chi connectivity index (χ4v) is 1.61. The van der Waals surface area contributed by atoms with Gasteiger partial charge in [0.1, 0.15) is 5.78 Å². The molecule has 1 saturated heterocycles. The molecule has 0 amide bonds. The molecule has 3 nitrogen and oxygen atoms in total. The first-order valence-corrected chi connectivity index (χ1v) is 5.37. The summed E-state index contributed by atoms with van der Waals surface area (Å²) in [4.78, 5) is 11.3. The Kier molecular flexibility index (Phi) is 5.21. The monoisotopic (exact) mass is 239 g/mol. The summed E-state index contributed by atoms with van der Waals surface area (Å²) in [5, 5.41) is 3.09. The largest absolute Gasteiger partial charge is 0.389 e. The number of hydrogen-bond donors (Lipinski definition) is 1. The molecule has 0 aromatic carbocycles. The summed E-state index contributed by atoms with van der Waals surface area (Å²) in [5.74, 6) is -0.132. The number of hydrogen-bond acceptors (Lipinski definition) is 3. The third kappa shape index (κ3) is 6.07. The third-order valence-corrected chi connectivity index (χ3v) is 2.39. The standard InChI is InChI=1S/C10H16F3NO2/c11-10(12,13)3-1-2-9(15)6-8-7-16-5-4-14-8/h8,14H,1-7H2. The van der Waals surface area contributed by atoms with Gasteiger partial charge in [0.2, 0.25) is 0 Å². The Morgan fingerprint density at radius 3 is 2.75 bits per heavy atom. The van der Waals surface area contributed by atoms with Crippen molar-refractivity contribution in [3.63, 3.8) is 0 Å². The first-order chi connectivity index (χ1) is 7.47. The van der Waals surface area contributed by atoms with Crippen LogP contribution in [0.2, 0.25) is 0 Å². The Morgan fingerprint density at radius 2 is 2.19 bits per heavy atom. The van der Waals surface area contributed by atoms with E-state index < -0.39 is 12.6 Å². The molecule has 0 bridgehead atoms. The molecule has 0 saturated carbocycles. The maximum atomic E-state index is 11.8. The lowest BCUT2D eigenvalue weighted by Crippen LogP contribution is -2.42. The van der Waals surface area contributed by atoms with E-state index in [1.807, 2.05) is 0 Å². The highest BCUT2D eigenvalue weighted by Gasteiger charge is 2.26. The van der Waals surface area contributed by atoms with Crippen molar-refractivity contribution in [1.29, 1.82) is 0 Å². The van der Waals surface area contributed by atoms with Crippen molar-refractivity contribution in [3.05, 3.63) is 0 Å². The van der Waals surface area contributed by atoms with Crippen molar-refractivity contribution in [2.45, 2.75) is 37.9 Å². The van der Waals surface area contributed by atoms with Crippen LogP contribution < -0.4 is 5.32 Å². The van der Waals surface area contributed by atoms with Crippen molar-refractivity contribution in [3.8, 4) is 0 Å². The van der Waals surface area contributed by atoms with Gasteiger partial charge in [0.25, 0.3) is 0 Å². The van der Waals surface area contributed by atoms with Gasteiger partial charge in [0.05, 0.1) is 13.2 Å². The molecule has 1 aliphatic heterocycles. The van der Waals surface area contributed by atoms with E-state index in [4.69, 9.17) is 4.74 Å². The van der Waals surface area contributed by atoms with E-state index in [2.05, 4.69) is 5.32 Å². The molecule has 94 valence electrons. The van der Waals surface area contributed by atoms with E-state index in [1.165, 1.54) is 0 Å². The van der Waals surface area contributed by atoms with Gasteiger partial charge in [-0.25, -0.2) is 0 Å². The number of rotatable bonds is 5. The lowest BCUT2D eigenvalue weighted by Gasteiger charge is -2.23. The van der Waals surface area contributed by atoms with Crippen molar-refractivity contribution >= 4 is 5.78 Å². The van der Waals surface area contributed by atoms with Crippen LogP contribution in [-0.2, 0) is 9.53 Å². The van der Waals surface area contributed by atoms with Gasteiger partial charge in [-0.05, 0) is 6.42 Å². The van der Waals surface area contributed by atoms with E-state index in [0.717, 1.165) is 0 Å². The average molecular weight is 239 g/mol. The molecule has 1 unspecified atom stereocenters. The molecule has 1 aliphatic rings. The smallest absolute Gasteiger partial charge is 0.379 e. The number of carbonyl (C=O) groups is 1. The fraction of sp³-hybridized carbons (Fsp3) is 0.900. The second-order valence-corrected chi connectivity index (χ2v) is 3.94. The highest BCUT2D eigenvalue weighted by Crippen LogP contribution is 2.22. The summed E-state index contributed by atoms with van der Waals surface area (Å²) in [6.45, 7) is 1.78. The quantitative estimate of drug-likeness (QED) is 0.793. The number of nitrogens with one attached hydrogen (secondary N) is 1. The molecule has 0 radical (unpaired) electrons. The molecular weight excluding hydrogens is 223 g/mol. The molecule has 0 spiro atoms. The average Bonchev–Trinajstić information content (AvgIpc) is 2.17. The Morgan fingerprint density at radius 1 is 1.44 bits per heavy atom. The predicted octanol–water partition coefficient (Wildman–Crippen LogP) is 1.67. The zero-order valence-electron chi connectivity index (χ0n) is 8.98. The minimum atomic E-state index is -4.16. The SMILES string of the molecule is O=C(CCCC(F)(F)F)CC1COCCN1. The molecule has 1 rings (SSSR count). The summed E-state index contributed by atoms with van der Waals surface area (Å²) in [5.41, 5.74) is 0. The molecule has 0 aromatic rings. The normalized spacial score (nSPS) is 22.1. The van der Waals surface area contributed by atoms with Gasteiger partial charge < -0.3 is 10.1 Å². The lowest BCUT2D eigenvalue weighted by atomic mass is 10.1. The van der Waals surface area contributed by atoms with Crippen LogP contribution in [-0.4, -0.2) is 37.8 Å². The van der Waals surface area contributed by atoms with E-state index in [9.17, 15) is 18.0 Å². The molecule has 6 heteroatoms. The van der Waals surface area contributed by atoms with Crippen LogP contribution >= 0.6 is 0 Å². The zero-order valence-corrected chi connectivity index (χ0v) is 8.98. The molecule has 1 atom stereocenters. The van der Waals surface area contributed by atoms with E-state index >= 15 is 0 Å². The number of ketones is 1. The minimum Gasteiger partial charge on any atom is -0.379 e. The molecule has 0 aromatic heterocycles. The highest BCUT2D eigenvalue weighted by atomic mass is 19.4. The van der Waals surface area contributed by atoms with Gasteiger partial charge >= 0.3 is 6.18 Å². The topological polar surface area (TPSA) is 38.3 Å². The van der Waals surface area contributed by atoms with Crippen LogP contribution in [0.4, 0.5) is 13.2 Å². The summed E-state index contributed by atoms with van der Waals surface area (Å²) < 4.78 is 40.6. The van der Waals surface area contributed by atoms with Gasteiger partial charge in [0.15, 0.2) is 0 Å². The summed E-state index contributed by atoms with van der Waals surface area (Å²) >= 11 is 0. The molecule has 0 aliphatic carbocycles.